The van der Waals surface area contributed by atoms with Crippen LogP contribution in [0.4, 0.5) is 10.3 Å². The Morgan fingerprint density at radius 2 is 2.23 bits per heavy atom. The summed E-state index contributed by atoms with van der Waals surface area (Å²) in [5.74, 6) is 0.327. The van der Waals surface area contributed by atoms with Crippen LogP contribution in [-0.4, -0.2) is 48.2 Å². The highest BCUT2D eigenvalue weighted by Gasteiger charge is 2.19. The first-order valence-electron chi connectivity index (χ1n) is 8.67. The quantitative estimate of drug-likeness (QED) is 0.889. The molecule has 0 saturated carbocycles. The van der Waals surface area contributed by atoms with Gasteiger partial charge in [0.2, 0.25) is 5.95 Å². The van der Waals surface area contributed by atoms with E-state index in [1.807, 2.05) is 6.07 Å². The van der Waals surface area contributed by atoms with Crippen LogP contribution >= 0.6 is 0 Å². The fraction of sp³-hybridized carbons (Fsp3) is 0.421. The monoisotopic (exact) mass is 355 g/mol. The molecular weight excluding hydrogens is 333 g/mol. The lowest BCUT2D eigenvalue weighted by molar-refractivity contribution is 0.194. The summed E-state index contributed by atoms with van der Waals surface area (Å²) in [6.07, 6.45) is 5.06. The lowest BCUT2D eigenvalue weighted by Crippen LogP contribution is -2.41. The Morgan fingerprint density at radius 3 is 2.92 bits per heavy atom. The molecule has 7 heteroatoms. The van der Waals surface area contributed by atoms with Crippen molar-refractivity contribution in [1.29, 1.82) is 5.26 Å². The van der Waals surface area contributed by atoms with E-state index < -0.39 is 5.82 Å². The molecule has 1 aromatic carbocycles. The van der Waals surface area contributed by atoms with Crippen molar-refractivity contribution in [3.05, 3.63) is 35.9 Å². The van der Waals surface area contributed by atoms with Gasteiger partial charge in [-0.25, -0.2) is 14.4 Å². The molecule has 1 unspecified atom stereocenters. The Kier molecular flexibility index (Phi) is 5.64. The first kappa shape index (κ1) is 18.1. The molecule has 0 bridgehead atoms. The molecule has 0 aliphatic carbocycles. The van der Waals surface area contributed by atoms with Crippen LogP contribution in [0.25, 0.3) is 11.1 Å². The second-order valence-corrected chi connectivity index (χ2v) is 6.42. The van der Waals surface area contributed by atoms with E-state index in [1.54, 1.807) is 12.1 Å². The largest absolute Gasteiger partial charge is 0.497 e. The van der Waals surface area contributed by atoms with Gasteiger partial charge in [0.25, 0.3) is 0 Å². The number of ether oxygens (including phenoxy) is 1. The van der Waals surface area contributed by atoms with Gasteiger partial charge in [-0.05, 0) is 38.6 Å². The molecular formula is C19H22FN5O. The predicted octanol–water partition coefficient (Wildman–Crippen LogP) is 3.06. The summed E-state index contributed by atoms with van der Waals surface area (Å²) < 4.78 is 19.3. The van der Waals surface area contributed by atoms with Gasteiger partial charge in [-0.1, -0.05) is 6.42 Å². The number of nitriles is 1. The Balaban J connectivity index is 1.79. The van der Waals surface area contributed by atoms with E-state index >= 15 is 0 Å². The summed E-state index contributed by atoms with van der Waals surface area (Å²) in [4.78, 5) is 10.9. The van der Waals surface area contributed by atoms with Gasteiger partial charge in [0.1, 0.15) is 17.6 Å². The summed E-state index contributed by atoms with van der Waals surface area (Å²) in [5.41, 5.74) is 0.789. The molecule has 1 aromatic heterocycles. The van der Waals surface area contributed by atoms with Crippen molar-refractivity contribution in [2.75, 3.05) is 32.6 Å². The van der Waals surface area contributed by atoms with E-state index in [2.05, 4.69) is 27.2 Å². The molecule has 1 fully saturated rings. The van der Waals surface area contributed by atoms with Gasteiger partial charge >= 0.3 is 0 Å². The van der Waals surface area contributed by atoms with Crippen LogP contribution < -0.4 is 10.1 Å². The van der Waals surface area contributed by atoms with E-state index in [1.165, 1.54) is 32.2 Å². The minimum atomic E-state index is -0.478. The number of benzene rings is 1. The Bertz CT molecular complexity index is 820. The molecule has 6 nitrogen and oxygen atoms in total. The van der Waals surface area contributed by atoms with Crippen LogP contribution in [-0.2, 0) is 0 Å². The highest BCUT2D eigenvalue weighted by molar-refractivity contribution is 5.69. The zero-order valence-electron chi connectivity index (χ0n) is 15.0. The van der Waals surface area contributed by atoms with Gasteiger partial charge in [-0.3, -0.25) is 0 Å². The summed E-state index contributed by atoms with van der Waals surface area (Å²) in [5, 5.41) is 12.6. The van der Waals surface area contributed by atoms with Gasteiger partial charge in [0.15, 0.2) is 5.69 Å². The minimum Gasteiger partial charge on any atom is -0.497 e. The number of nitrogens with zero attached hydrogens (tertiary/aromatic N) is 4. The summed E-state index contributed by atoms with van der Waals surface area (Å²) in [7, 11) is 3.59. The number of likely N-dealkylation sites (N-methyl/N-ethyl adjacent to an activating group) is 1. The Labute approximate surface area is 152 Å². The van der Waals surface area contributed by atoms with Crippen LogP contribution in [0, 0.1) is 17.1 Å². The maximum Gasteiger partial charge on any atom is 0.223 e. The maximum absolute atomic E-state index is 14.3. The first-order chi connectivity index (χ1) is 12.6. The number of hydrogen-bond donors (Lipinski definition) is 1. The summed E-state index contributed by atoms with van der Waals surface area (Å²) >= 11 is 0. The van der Waals surface area contributed by atoms with Gasteiger partial charge in [-0.2, -0.15) is 5.26 Å². The number of aromatic nitrogens is 2. The van der Waals surface area contributed by atoms with Crippen LogP contribution in [0.1, 0.15) is 25.0 Å². The average molecular weight is 355 g/mol. The number of halogens is 1. The van der Waals surface area contributed by atoms with Crippen molar-refractivity contribution in [2.24, 2.45) is 0 Å². The molecule has 1 atom stereocenters. The second kappa shape index (κ2) is 8.11. The lowest BCUT2D eigenvalue weighted by atomic mass is 10.0. The predicted molar refractivity (Wildman–Crippen MR) is 97.5 cm³/mol. The third-order valence-corrected chi connectivity index (χ3v) is 4.78. The van der Waals surface area contributed by atoms with E-state index in [0.29, 0.717) is 23.3 Å². The van der Waals surface area contributed by atoms with E-state index in [9.17, 15) is 9.65 Å². The molecule has 136 valence electrons. The molecule has 2 heterocycles. The fourth-order valence-electron chi connectivity index (χ4n) is 3.20. The van der Waals surface area contributed by atoms with Gasteiger partial charge in [0, 0.05) is 36.0 Å². The number of nitrogens with one attached hydrogen (secondary N) is 1. The van der Waals surface area contributed by atoms with Gasteiger partial charge in [-0.15, -0.1) is 0 Å². The number of hydrogen-bond acceptors (Lipinski definition) is 6. The fourth-order valence-corrected chi connectivity index (χ4v) is 3.20. The topological polar surface area (TPSA) is 74.1 Å². The Morgan fingerprint density at radius 1 is 1.38 bits per heavy atom. The van der Waals surface area contributed by atoms with Crippen LogP contribution in [0.15, 0.2) is 24.4 Å². The first-order valence-corrected chi connectivity index (χ1v) is 8.67. The molecule has 26 heavy (non-hydrogen) atoms. The maximum atomic E-state index is 14.3. The average Bonchev–Trinajstić information content (AvgIpc) is 2.67. The second-order valence-electron chi connectivity index (χ2n) is 6.42. The molecule has 0 amide bonds. The number of rotatable bonds is 5. The standard InChI is InChI=1S/C19H22FN5O/c1-25-8-4-3-5-13(25)11-22-19-23-12-16(18(10-21)24-19)15-7-6-14(26-2)9-17(15)20/h6-7,9,12-13H,3-5,8,11H2,1-2H3,(H,22,23,24). The van der Waals surface area contributed by atoms with E-state index in [0.717, 1.165) is 19.5 Å². The van der Waals surface area contributed by atoms with Crippen LogP contribution in [0.3, 0.4) is 0 Å². The molecule has 0 spiro atoms. The van der Waals surface area contributed by atoms with E-state index in [4.69, 9.17) is 4.74 Å². The summed E-state index contributed by atoms with van der Waals surface area (Å²) in [6.45, 7) is 1.81. The lowest BCUT2D eigenvalue weighted by Gasteiger charge is -2.32. The molecule has 1 aliphatic heterocycles. The molecule has 2 aromatic rings. The molecule has 1 N–H and O–H groups in total. The number of methoxy groups -OCH3 is 1. The number of anilines is 1. The van der Waals surface area contributed by atoms with Crippen molar-refractivity contribution in [1.82, 2.24) is 14.9 Å². The highest BCUT2D eigenvalue weighted by atomic mass is 19.1. The number of likely N-dealkylation sites (tertiary alicyclic amines) is 1. The van der Waals surface area contributed by atoms with Crippen molar-refractivity contribution in [3.8, 4) is 22.9 Å². The van der Waals surface area contributed by atoms with Crippen LogP contribution in [0.2, 0.25) is 0 Å². The molecule has 1 saturated heterocycles. The SMILES string of the molecule is COc1ccc(-c2cnc(NCC3CCCCN3C)nc2C#N)c(F)c1. The van der Waals surface area contributed by atoms with E-state index in [-0.39, 0.29) is 11.3 Å². The third-order valence-electron chi connectivity index (χ3n) is 4.78. The van der Waals surface area contributed by atoms with Gasteiger partial charge in [0.05, 0.1) is 7.11 Å². The number of piperidine rings is 1. The smallest absolute Gasteiger partial charge is 0.223 e. The Hall–Kier alpha value is -2.72. The highest BCUT2D eigenvalue weighted by Crippen LogP contribution is 2.28. The van der Waals surface area contributed by atoms with Crippen molar-refractivity contribution in [2.45, 2.75) is 25.3 Å². The summed E-state index contributed by atoms with van der Waals surface area (Å²) in [6, 6.07) is 6.96. The minimum absolute atomic E-state index is 0.142. The zero-order chi connectivity index (χ0) is 18.5. The zero-order valence-corrected chi connectivity index (χ0v) is 15.0. The van der Waals surface area contributed by atoms with Gasteiger partial charge < -0.3 is 15.0 Å². The normalized spacial score (nSPS) is 17.5. The van der Waals surface area contributed by atoms with Crippen LogP contribution in [0.5, 0.6) is 5.75 Å². The molecule has 1 aliphatic rings. The van der Waals surface area contributed by atoms with Crippen molar-refractivity contribution < 1.29 is 9.13 Å². The molecule has 3 rings (SSSR count). The third kappa shape index (κ3) is 3.92. The molecule has 0 radical (unpaired) electrons. The van der Waals surface area contributed by atoms with Crippen molar-refractivity contribution in [3.63, 3.8) is 0 Å². The van der Waals surface area contributed by atoms with Crippen molar-refractivity contribution >= 4 is 5.95 Å².